The molecule has 1 aromatic heterocycles. The Bertz CT molecular complexity index is 389. The average Bonchev–Trinajstić information content (AvgIpc) is 2.57. The molecule has 0 saturated heterocycles. The van der Waals surface area contributed by atoms with Crippen LogP contribution in [0.4, 0.5) is 5.69 Å². The van der Waals surface area contributed by atoms with Crippen LogP contribution in [0.5, 0.6) is 0 Å². The van der Waals surface area contributed by atoms with E-state index in [-0.39, 0.29) is 0 Å². The van der Waals surface area contributed by atoms with Gasteiger partial charge in [-0.1, -0.05) is 17.7 Å². The van der Waals surface area contributed by atoms with Crippen LogP contribution in [0, 0.1) is 0 Å². The molecule has 0 bridgehead atoms. The fraction of sp³-hybridized carbons (Fsp3) is 0. The normalized spacial score (nSPS) is 10.2. The van der Waals surface area contributed by atoms with Crippen molar-refractivity contribution in [1.82, 2.24) is 9.55 Å². The first-order valence-corrected chi connectivity index (χ1v) is 4.19. The van der Waals surface area contributed by atoms with Crippen molar-refractivity contribution in [1.29, 1.82) is 0 Å². The predicted octanol–water partition coefficient (Wildman–Crippen LogP) is 2.11. The van der Waals surface area contributed by atoms with Crippen molar-refractivity contribution in [3.8, 4) is 5.69 Å². The van der Waals surface area contributed by atoms with Crippen molar-refractivity contribution in [3.63, 3.8) is 0 Å². The summed E-state index contributed by atoms with van der Waals surface area (Å²) in [5, 5.41) is 0.623. The van der Waals surface area contributed by atoms with Gasteiger partial charge in [-0.15, -0.1) is 0 Å². The zero-order valence-electron chi connectivity index (χ0n) is 6.81. The summed E-state index contributed by atoms with van der Waals surface area (Å²) in [6, 6.07) is 5.42. The average molecular weight is 194 g/mol. The first kappa shape index (κ1) is 8.13. The topological polar surface area (TPSA) is 43.8 Å². The highest BCUT2D eigenvalue weighted by Crippen LogP contribution is 2.25. The second-order valence-electron chi connectivity index (χ2n) is 2.65. The van der Waals surface area contributed by atoms with E-state index in [4.69, 9.17) is 17.3 Å². The lowest BCUT2D eigenvalue weighted by atomic mass is 10.2. The van der Waals surface area contributed by atoms with Crippen molar-refractivity contribution in [2.24, 2.45) is 0 Å². The Labute approximate surface area is 80.8 Å². The Morgan fingerprint density at radius 2 is 2.23 bits per heavy atom. The minimum absolute atomic E-state index is 0.623. The molecular weight excluding hydrogens is 186 g/mol. The molecule has 0 amide bonds. The lowest BCUT2D eigenvalue weighted by molar-refractivity contribution is 1.06. The third-order valence-electron chi connectivity index (χ3n) is 1.78. The molecular formula is C9H8ClN3. The van der Waals surface area contributed by atoms with Gasteiger partial charge in [-0.05, 0) is 12.1 Å². The Kier molecular flexibility index (Phi) is 1.94. The zero-order chi connectivity index (χ0) is 9.26. The summed E-state index contributed by atoms with van der Waals surface area (Å²) < 4.78 is 1.79. The van der Waals surface area contributed by atoms with Gasteiger partial charge in [0.05, 0.1) is 22.7 Å². The molecule has 0 radical (unpaired) electrons. The van der Waals surface area contributed by atoms with Gasteiger partial charge >= 0.3 is 0 Å². The number of benzene rings is 1. The Balaban J connectivity index is 2.64. The van der Waals surface area contributed by atoms with Gasteiger partial charge in [0.25, 0.3) is 0 Å². The molecule has 4 heteroatoms. The molecule has 2 aromatic rings. The van der Waals surface area contributed by atoms with Crippen molar-refractivity contribution in [3.05, 3.63) is 41.9 Å². The van der Waals surface area contributed by atoms with Gasteiger partial charge < -0.3 is 10.3 Å². The van der Waals surface area contributed by atoms with Crippen LogP contribution in [-0.2, 0) is 0 Å². The van der Waals surface area contributed by atoms with Crippen LogP contribution >= 0.6 is 11.6 Å². The van der Waals surface area contributed by atoms with Crippen LogP contribution in [0.15, 0.2) is 36.9 Å². The maximum absolute atomic E-state index is 5.99. The molecule has 0 aliphatic rings. The smallest absolute Gasteiger partial charge is 0.0992 e. The number of aromatic nitrogens is 2. The Morgan fingerprint density at radius 3 is 2.85 bits per heavy atom. The van der Waals surface area contributed by atoms with Crippen LogP contribution in [0.25, 0.3) is 5.69 Å². The summed E-state index contributed by atoms with van der Waals surface area (Å²) in [5.74, 6) is 0. The number of hydrogen-bond acceptors (Lipinski definition) is 2. The molecule has 1 aromatic carbocycles. The lowest BCUT2D eigenvalue weighted by Crippen LogP contribution is -1.97. The molecule has 2 rings (SSSR count). The third-order valence-corrected chi connectivity index (χ3v) is 2.09. The van der Waals surface area contributed by atoms with E-state index in [0.717, 1.165) is 5.69 Å². The molecule has 66 valence electrons. The summed E-state index contributed by atoms with van der Waals surface area (Å²) in [7, 11) is 0. The lowest BCUT2D eigenvalue weighted by Gasteiger charge is -2.07. The SMILES string of the molecule is Nc1cccc(Cl)c1-n1ccnc1. The van der Waals surface area contributed by atoms with Gasteiger partial charge in [0, 0.05) is 12.4 Å². The predicted molar refractivity (Wildman–Crippen MR) is 53.0 cm³/mol. The molecule has 0 saturated carbocycles. The third kappa shape index (κ3) is 1.38. The Hall–Kier alpha value is -1.48. The Morgan fingerprint density at radius 1 is 1.38 bits per heavy atom. The van der Waals surface area contributed by atoms with E-state index in [1.54, 1.807) is 35.4 Å². The molecule has 3 nitrogen and oxygen atoms in total. The molecule has 0 spiro atoms. The number of halogens is 1. The minimum atomic E-state index is 0.623. The number of anilines is 1. The van der Waals surface area contributed by atoms with Gasteiger partial charge in [-0.2, -0.15) is 0 Å². The van der Waals surface area contributed by atoms with Crippen molar-refractivity contribution >= 4 is 17.3 Å². The molecule has 0 unspecified atom stereocenters. The zero-order valence-corrected chi connectivity index (χ0v) is 7.57. The van der Waals surface area contributed by atoms with Crippen LogP contribution in [0.3, 0.4) is 0 Å². The molecule has 2 N–H and O–H groups in total. The summed E-state index contributed by atoms with van der Waals surface area (Å²) in [6.07, 6.45) is 5.15. The number of para-hydroxylation sites is 1. The van der Waals surface area contributed by atoms with Gasteiger partial charge in [-0.25, -0.2) is 4.98 Å². The fourth-order valence-electron chi connectivity index (χ4n) is 1.20. The molecule has 0 aliphatic heterocycles. The second-order valence-corrected chi connectivity index (χ2v) is 3.05. The summed E-state index contributed by atoms with van der Waals surface area (Å²) in [5.41, 5.74) is 7.20. The van der Waals surface area contributed by atoms with E-state index >= 15 is 0 Å². The molecule has 1 heterocycles. The van der Waals surface area contributed by atoms with E-state index < -0.39 is 0 Å². The van der Waals surface area contributed by atoms with Crippen LogP contribution in [0.1, 0.15) is 0 Å². The highest BCUT2D eigenvalue weighted by molar-refractivity contribution is 6.32. The monoisotopic (exact) mass is 193 g/mol. The van der Waals surface area contributed by atoms with E-state index in [0.29, 0.717) is 10.7 Å². The number of imidazole rings is 1. The molecule has 0 fully saturated rings. The number of nitrogens with zero attached hydrogens (tertiary/aromatic N) is 2. The second kappa shape index (κ2) is 3.11. The van der Waals surface area contributed by atoms with Crippen molar-refractivity contribution < 1.29 is 0 Å². The van der Waals surface area contributed by atoms with Gasteiger partial charge in [-0.3, -0.25) is 0 Å². The first-order chi connectivity index (χ1) is 6.29. The number of nitrogen functional groups attached to an aromatic ring is 1. The molecule has 0 aliphatic carbocycles. The van der Waals surface area contributed by atoms with E-state index in [1.165, 1.54) is 0 Å². The van der Waals surface area contributed by atoms with Crippen LogP contribution < -0.4 is 5.73 Å². The highest BCUT2D eigenvalue weighted by atomic mass is 35.5. The number of rotatable bonds is 1. The van der Waals surface area contributed by atoms with Gasteiger partial charge in [0.15, 0.2) is 0 Å². The maximum Gasteiger partial charge on any atom is 0.0992 e. The quantitative estimate of drug-likeness (QED) is 0.705. The van der Waals surface area contributed by atoms with Crippen molar-refractivity contribution in [2.75, 3.05) is 5.73 Å². The first-order valence-electron chi connectivity index (χ1n) is 3.81. The summed E-state index contributed by atoms with van der Waals surface area (Å²) in [4.78, 5) is 3.93. The number of nitrogens with two attached hydrogens (primary N) is 1. The van der Waals surface area contributed by atoms with Gasteiger partial charge in [0.1, 0.15) is 0 Å². The van der Waals surface area contributed by atoms with E-state index in [1.807, 2.05) is 6.07 Å². The molecule has 0 atom stereocenters. The van der Waals surface area contributed by atoms with E-state index in [9.17, 15) is 0 Å². The van der Waals surface area contributed by atoms with Crippen LogP contribution in [0.2, 0.25) is 5.02 Å². The maximum atomic E-state index is 5.99. The standard InChI is InChI=1S/C9H8ClN3/c10-7-2-1-3-8(11)9(7)13-5-4-12-6-13/h1-6H,11H2. The summed E-state index contributed by atoms with van der Waals surface area (Å²) in [6.45, 7) is 0. The largest absolute Gasteiger partial charge is 0.397 e. The molecule has 13 heavy (non-hydrogen) atoms. The highest BCUT2D eigenvalue weighted by Gasteiger charge is 2.04. The minimum Gasteiger partial charge on any atom is -0.397 e. The van der Waals surface area contributed by atoms with E-state index in [2.05, 4.69) is 4.98 Å². The van der Waals surface area contributed by atoms with Crippen LogP contribution in [-0.4, -0.2) is 9.55 Å². The van der Waals surface area contributed by atoms with Gasteiger partial charge in [0.2, 0.25) is 0 Å². The fourth-order valence-corrected chi connectivity index (χ4v) is 1.48. The summed E-state index contributed by atoms with van der Waals surface area (Å²) >= 11 is 5.99. The number of hydrogen-bond donors (Lipinski definition) is 1. The van der Waals surface area contributed by atoms with Crippen molar-refractivity contribution in [2.45, 2.75) is 0 Å².